The summed E-state index contributed by atoms with van der Waals surface area (Å²) in [5.41, 5.74) is -0.819. The average Bonchev–Trinajstić information content (AvgIpc) is 2.67. The Morgan fingerprint density at radius 2 is 2.03 bits per heavy atom. The van der Waals surface area contributed by atoms with Gasteiger partial charge in [0.25, 0.3) is 0 Å². The maximum atomic E-state index is 13.5. The Balaban J connectivity index is 1.92. The highest BCUT2D eigenvalue weighted by atomic mass is 35.5. The van der Waals surface area contributed by atoms with Gasteiger partial charge in [0.05, 0.1) is 30.9 Å². The number of halogens is 5. The van der Waals surface area contributed by atoms with Crippen molar-refractivity contribution in [1.29, 1.82) is 0 Å². The summed E-state index contributed by atoms with van der Waals surface area (Å²) in [5, 5.41) is 3.02. The number of allylic oxidation sites excluding steroid dienone is 1. The van der Waals surface area contributed by atoms with E-state index in [1.165, 1.54) is 49.7 Å². The third-order valence-corrected chi connectivity index (χ3v) is 5.10. The maximum Gasteiger partial charge on any atom is 0.573 e. The first-order valence-corrected chi connectivity index (χ1v) is 9.78. The van der Waals surface area contributed by atoms with Crippen LogP contribution in [0.1, 0.15) is 19.4 Å². The van der Waals surface area contributed by atoms with Gasteiger partial charge in [0.1, 0.15) is 11.6 Å². The van der Waals surface area contributed by atoms with E-state index in [0.717, 1.165) is 0 Å². The summed E-state index contributed by atoms with van der Waals surface area (Å²) in [6.07, 6.45) is 0.659. The predicted molar refractivity (Wildman–Crippen MR) is 111 cm³/mol. The molecule has 0 radical (unpaired) electrons. The predicted octanol–water partition coefficient (Wildman–Crippen LogP) is 4.89. The first-order valence-electron chi connectivity index (χ1n) is 9.41. The van der Waals surface area contributed by atoms with Gasteiger partial charge in [0.15, 0.2) is 0 Å². The van der Waals surface area contributed by atoms with Crippen molar-refractivity contribution in [3.63, 3.8) is 0 Å². The molecule has 0 bridgehead atoms. The lowest BCUT2D eigenvalue weighted by molar-refractivity contribution is -0.303. The van der Waals surface area contributed by atoms with E-state index in [0.29, 0.717) is 5.56 Å². The van der Waals surface area contributed by atoms with Gasteiger partial charge in [-0.3, -0.25) is 4.79 Å². The lowest BCUT2D eigenvalue weighted by Gasteiger charge is -2.34. The van der Waals surface area contributed by atoms with Crippen LogP contribution in [0.2, 0.25) is 5.02 Å². The fourth-order valence-corrected chi connectivity index (χ4v) is 3.40. The van der Waals surface area contributed by atoms with Gasteiger partial charge in [0, 0.05) is 5.41 Å². The smallest absolute Gasteiger partial charge is 0.490 e. The highest BCUT2D eigenvalue weighted by Gasteiger charge is 2.36. The number of nitrogens with zero attached hydrogens (tertiary/aromatic N) is 2. The largest absolute Gasteiger partial charge is 0.573 e. The number of ether oxygens (including phenoxy) is 2. The molecule has 1 aromatic heterocycles. The molecule has 32 heavy (non-hydrogen) atoms. The first kappa shape index (κ1) is 23.6. The van der Waals surface area contributed by atoms with Gasteiger partial charge in [-0.2, -0.15) is 4.98 Å². The second-order valence-corrected chi connectivity index (χ2v) is 8.12. The third kappa shape index (κ3) is 5.61. The van der Waals surface area contributed by atoms with Gasteiger partial charge < -0.3 is 19.4 Å². The van der Waals surface area contributed by atoms with Gasteiger partial charge in [-0.1, -0.05) is 37.6 Å². The molecular formula is C21H20ClF4N3O3. The minimum absolute atomic E-state index is 0.0111. The minimum atomic E-state index is -4.80. The van der Waals surface area contributed by atoms with Crippen LogP contribution in [0.25, 0.3) is 0 Å². The molecule has 11 heteroatoms. The summed E-state index contributed by atoms with van der Waals surface area (Å²) in [6.45, 7) is 3.58. The molecule has 172 valence electrons. The van der Waals surface area contributed by atoms with Crippen molar-refractivity contribution < 1.29 is 27.0 Å². The Labute approximate surface area is 186 Å². The van der Waals surface area contributed by atoms with E-state index in [9.17, 15) is 22.4 Å². The highest BCUT2D eigenvalue weighted by molar-refractivity contribution is 6.30. The number of methoxy groups -OCH3 is 1. The second-order valence-electron chi connectivity index (χ2n) is 7.71. The van der Waals surface area contributed by atoms with E-state index in [-0.39, 0.29) is 29.0 Å². The number of aromatic nitrogens is 2. The van der Waals surface area contributed by atoms with Crippen LogP contribution in [0.5, 0.6) is 5.75 Å². The van der Waals surface area contributed by atoms with E-state index >= 15 is 0 Å². The molecule has 2 aromatic rings. The molecule has 0 saturated carbocycles. The molecule has 1 unspecified atom stereocenters. The molecule has 1 aliphatic rings. The summed E-state index contributed by atoms with van der Waals surface area (Å²) in [6, 6.07) is 3.67. The second kappa shape index (κ2) is 8.85. The Morgan fingerprint density at radius 1 is 1.31 bits per heavy atom. The first-order chi connectivity index (χ1) is 14.9. The van der Waals surface area contributed by atoms with Crippen LogP contribution >= 0.6 is 11.6 Å². The van der Waals surface area contributed by atoms with Crippen molar-refractivity contribution in [3.8, 4) is 5.75 Å². The number of benzene rings is 1. The van der Waals surface area contributed by atoms with Crippen LogP contribution in [0, 0.1) is 11.2 Å². The summed E-state index contributed by atoms with van der Waals surface area (Å²) in [4.78, 5) is 16.3. The zero-order valence-corrected chi connectivity index (χ0v) is 18.1. The molecule has 1 atom stereocenters. The molecule has 3 rings (SSSR count). The summed E-state index contributed by atoms with van der Waals surface area (Å²) in [7, 11) is 1.32. The highest BCUT2D eigenvalue weighted by Crippen LogP contribution is 2.34. The van der Waals surface area contributed by atoms with Gasteiger partial charge in [-0.05, 0) is 29.8 Å². The molecular weight excluding hydrogens is 454 g/mol. The summed E-state index contributed by atoms with van der Waals surface area (Å²) in [5.74, 6) is -0.765. The van der Waals surface area contributed by atoms with Crippen LogP contribution in [0.3, 0.4) is 0 Å². The number of hydrogen-bond acceptors (Lipinski definition) is 5. The van der Waals surface area contributed by atoms with E-state index in [1.807, 2.05) is 0 Å². The van der Waals surface area contributed by atoms with E-state index < -0.39 is 29.2 Å². The zero-order chi connectivity index (χ0) is 23.7. The molecule has 0 saturated heterocycles. The van der Waals surface area contributed by atoms with Crippen LogP contribution in [0.15, 0.2) is 53.2 Å². The zero-order valence-electron chi connectivity index (χ0n) is 17.3. The molecule has 1 N–H and O–H groups in total. The molecule has 0 amide bonds. The number of rotatable bonds is 6. The Kier molecular flexibility index (Phi) is 6.54. The Bertz CT molecular complexity index is 1130. The summed E-state index contributed by atoms with van der Waals surface area (Å²) >= 11 is 5.86. The normalized spacial score (nSPS) is 17.6. The van der Waals surface area contributed by atoms with Crippen molar-refractivity contribution in [1.82, 2.24) is 9.55 Å². The lowest BCUT2D eigenvalue weighted by atomic mass is 9.81. The number of hydrogen-bond donors (Lipinski definition) is 1. The number of nitrogens with one attached hydrogen (secondary N) is 1. The summed E-state index contributed by atoms with van der Waals surface area (Å²) < 4.78 is 61.8. The SMILES string of the molecule is COc1cn(Cc2ccc(F)c(Cl)c2)c(NC2C=CC(OC(F)(F)F)=CC2(C)C)nc1=O. The van der Waals surface area contributed by atoms with Crippen LogP contribution in [-0.2, 0) is 11.3 Å². The van der Waals surface area contributed by atoms with E-state index in [1.54, 1.807) is 18.4 Å². The van der Waals surface area contributed by atoms with Crippen molar-refractivity contribution >= 4 is 17.5 Å². The van der Waals surface area contributed by atoms with Crippen LogP contribution in [0.4, 0.5) is 23.5 Å². The number of alkyl halides is 3. The lowest BCUT2D eigenvalue weighted by Crippen LogP contribution is -2.37. The van der Waals surface area contributed by atoms with Crippen molar-refractivity contribution in [2.24, 2.45) is 5.41 Å². The monoisotopic (exact) mass is 473 g/mol. The van der Waals surface area contributed by atoms with Crippen molar-refractivity contribution in [2.45, 2.75) is 32.8 Å². The molecule has 1 aromatic carbocycles. The topological polar surface area (TPSA) is 65.4 Å². The molecule has 1 aliphatic carbocycles. The van der Waals surface area contributed by atoms with Crippen molar-refractivity contribution in [2.75, 3.05) is 12.4 Å². The third-order valence-electron chi connectivity index (χ3n) is 4.81. The average molecular weight is 474 g/mol. The molecule has 0 aliphatic heterocycles. The standard InChI is InChI=1S/C21H20ClF4N3O3/c1-20(2)9-13(32-21(24,25)26)5-7-17(20)27-19-28-18(30)16(31-3)11-29(19)10-12-4-6-15(23)14(22)8-12/h4-9,11,17H,10H2,1-3H3,(H,27,28,30). The fraction of sp³-hybridized carbons (Fsp3) is 0.333. The molecule has 1 heterocycles. The Morgan fingerprint density at radius 3 is 2.62 bits per heavy atom. The van der Waals surface area contributed by atoms with Gasteiger partial charge >= 0.3 is 11.9 Å². The fourth-order valence-electron chi connectivity index (χ4n) is 3.20. The van der Waals surface area contributed by atoms with E-state index in [2.05, 4.69) is 15.0 Å². The van der Waals surface area contributed by atoms with Crippen molar-refractivity contribution in [3.05, 3.63) is 75.1 Å². The Hall–Kier alpha value is -3.01. The van der Waals surface area contributed by atoms with Gasteiger partial charge in [-0.15, -0.1) is 13.2 Å². The maximum absolute atomic E-state index is 13.5. The van der Waals surface area contributed by atoms with Gasteiger partial charge in [-0.25, -0.2) is 4.39 Å². The quantitative estimate of drug-likeness (QED) is 0.605. The van der Waals surface area contributed by atoms with Gasteiger partial charge in [0.2, 0.25) is 11.7 Å². The molecule has 0 spiro atoms. The molecule has 6 nitrogen and oxygen atoms in total. The minimum Gasteiger partial charge on any atom is -0.490 e. The van der Waals surface area contributed by atoms with Crippen LogP contribution in [-0.4, -0.2) is 29.1 Å². The molecule has 0 fully saturated rings. The number of anilines is 1. The van der Waals surface area contributed by atoms with E-state index in [4.69, 9.17) is 16.3 Å². The van der Waals surface area contributed by atoms with Crippen LogP contribution < -0.4 is 15.6 Å².